The van der Waals surface area contributed by atoms with E-state index in [2.05, 4.69) is 34.1 Å². The summed E-state index contributed by atoms with van der Waals surface area (Å²) in [6.07, 6.45) is 4.60. The number of halogens is 1. The van der Waals surface area contributed by atoms with Crippen LogP contribution in [0.3, 0.4) is 0 Å². The topological polar surface area (TPSA) is 79.1 Å². The first kappa shape index (κ1) is 26.1. The van der Waals surface area contributed by atoms with E-state index in [1.807, 2.05) is 4.31 Å². The van der Waals surface area contributed by atoms with E-state index < -0.39 is 21.6 Å². The molecule has 1 aromatic carbocycles. The van der Waals surface area contributed by atoms with Gasteiger partial charge < -0.3 is 20.3 Å². The molecule has 3 rings (SSSR count). The molecule has 186 valence electrons. The number of methoxy groups -OCH3 is 1. The maximum atomic E-state index is 13.5. The number of unbranched alkanes of at least 4 members (excludes halogenated alkanes) is 2. The Morgan fingerprint density at radius 1 is 1.06 bits per heavy atom. The Morgan fingerprint density at radius 3 is 2.30 bits per heavy atom. The van der Waals surface area contributed by atoms with Crippen LogP contribution in [-0.2, 0) is 26.9 Å². The second-order valence-electron chi connectivity index (χ2n) is 9.02. The summed E-state index contributed by atoms with van der Waals surface area (Å²) in [6.45, 7) is 5.44. The Morgan fingerprint density at radius 2 is 1.73 bits per heavy atom. The van der Waals surface area contributed by atoms with Crippen molar-refractivity contribution in [3.8, 4) is 0 Å². The maximum absolute atomic E-state index is 13.5. The molecule has 1 amide bonds. The number of aryl methyl sites for hydroxylation is 1. The number of ether oxygens (including phenoxy) is 1. The third-order valence-corrected chi connectivity index (χ3v) is 9.04. The van der Waals surface area contributed by atoms with Gasteiger partial charge in [-0.05, 0) is 49.8 Å². The molecule has 1 atom stereocenters. The van der Waals surface area contributed by atoms with Crippen LogP contribution < -0.4 is 10.6 Å². The van der Waals surface area contributed by atoms with E-state index in [-0.39, 0.29) is 6.67 Å². The minimum atomic E-state index is -1.44. The smallest absolute Gasteiger partial charge is 0.237 e. The Labute approximate surface area is 200 Å². The van der Waals surface area contributed by atoms with E-state index in [1.165, 1.54) is 5.56 Å². The zero-order chi connectivity index (χ0) is 23.7. The summed E-state index contributed by atoms with van der Waals surface area (Å²) in [5, 5.41) is 0. The summed E-state index contributed by atoms with van der Waals surface area (Å²) in [5.41, 5.74) is 8.24. The zero-order valence-electron chi connectivity index (χ0n) is 19.8. The van der Waals surface area contributed by atoms with Gasteiger partial charge in [-0.15, -0.1) is 0 Å². The van der Waals surface area contributed by atoms with Gasteiger partial charge in [0.15, 0.2) is 0 Å². The van der Waals surface area contributed by atoms with E-state index in [4.69, 9.17) is 10.5 Å². The van der Waals surface area contributed by atoms with Crippen LogP contribution in [0.1, 0.15) is 37.7 Å². The number of carbonyl (C=O) groups excluding carboxylic acids is 1. The molecule has 7 nitrogen and oxygen atoms in total. The fourth-order valence-corrected chi connectivity index (χ4v) is 6.39. The van der Waals surface area contributed by atoms with Crippen LogP contribution in [0.25, 0.3) is 0 Å². The predicted molar refractivity (Wildman–Crippen MR) is 131 cm³/mol. The summed E-state index contributed by atoms with van der Waals surface area (Å²) >= 11 is 0. The molecule has 0 aliphatic carbocycles. The van der Waals surface area contributed by atoms with Gasteiger partial charge in [-0.3, -0.25) is 9.18 Å². The number of amides is 1. The van der Waals surface area contributed by atoms with Crippen molar-refractivity contribution in [1.29, 1.82) is 0 Å². The highest BCUT2D eigenvalue weighted by Gasteiger charge is 2.48. The van der Waals surface area contributed by atoms with Crippen molar-refractivity contribution in [1.82, 2.24) is 9.21 Å². The molecule has 0 aromatic heterocycles. The van der Waals surface area contributed by atoms with Gasteiger partial charge in [0.2, 0.25) is 5.91 Å². The molecule has 2 aliphatic heterocycles. The highest BCUT2D eigenvalue weighted by molar-refractivity contribution is 7.85. The van der Waals surface area contributed by atoms with Gasteiger partial charge in [0.05, 0.1) is 13.3 Å². The maximum Gasteiger partial charge on any atom is 0.237 e. The molecule has 2 aliphatic rings. The van der Waals surface area contributed by atoms with Crippen molar-refractivity contribution in [2.24, 2.45) is 5.73 Å². The molecule has 0 saturated carbocycles. The highest BCUT2D eigenvalue weighted by atomic mass is 32.2. The van der Waals surface area contributed by atoms with E-state index >= 15 is 0 Å². The number of benzene rings is 1. The molecule has 2 fully saturated rings. The first-order valence-corrected chi connectivity index (χ1v) is 13.2. The lowest BCUT2D eigenvalue weighted by atomic mass is 9.95. The second kappa shape index (κ2) is 12.8. The van der Waals surface area contributed by atoms with Crippen molar-refractivity contribution in [3.63, 3.8) is 0 Å². The molecule has 1 unspecified atom stereocenters. The number of hydrogen-bond donors (Lipinski definition) is 1. The van der Waals surface area contributed by atoms with Gasteiger partial charge in [0.1, 0.15) is 15.7 Å². The number of piperidine rings is 1. The van der Waals surface area contributed by atoms with Crippen LogP contribution in [0, 0.1) is 0 Å². The number of nitrogens with two attached hydrogens (primary N) is 1. The molecule has 0 spiro atoms. The highest BCUT2D eigenvalue weighted by Crippen LogP contribution is 2.31. The van der Waals surface area contributed by atoms with Gasteiger partial charge in [0.25, 0.3) is 0 Å². The predicted octanol–water partition coefficient (Wildman–Crippen LogP) is 2.12. The van der Waals surface area contributed by atoms with Crippen molar-refractivity contribution in [2.75, 3.05) is 71.1 Å². The molecule has 0 radical (unpaired) electrons. The van der Waals surface area contributed by atoms with Gasteiger partial charge in [-0.2, -0.15) is 0 Å². The summed E-state index contributed by atoms with van der Waals surface area (Å²) < 4.78 is 31.9. The van der Waals surface area contributed by atoms with Gasteiger partial charge in [-0.1, -0.05) is 18.6 Å². The van der Waals surface area contributed by atoms with Gasteiger partial charge >= 0.3 is 0 Å². The number of anilines is 1. The molecule has 9 heteroatoms. The SMILES string of the molecule is COCCN1CCC(C(N)=O)(S(=O)N2CCN(c3ccc(CCCCCF)cc3)CC2)CC1. The number of likely N-dealkylation sites (tertiary alicyclic amines) is 1. The zero-order valence-corrected chi connectivity index (χ0v) is 20.7. The van der Waals surface area contributed by atoms with Crippen LogP contribution in [0.2, 0.25) is 0 Å². The molecule has 2 heterocycles. The first-order chi connectivity index (χ1) is 16.0. The number of hydrogen-bond acceptors (Lipinski definition) is 5. The molecule has 1 aromatic rings. The molecule has 2 N–H and O–H groups in total. The lowest BCUT2D eigenvalue weighted by Crippen LogP contribution is -2.60. The monoisotopic (exact) mass is 482 g/mol. The minimum absolute atomic E-state index is 0.233. The van der Waals surface area contributed by atoms with E-state index in [9.17, 15) is 13.4 Å². The average molecular weight is 483 g/mol. The quantitative estimate of drug-likeness (QED) is 0.462. The number of alkyl halides is 1. The standard InChI is InChI=1S/C24H39FN4O3S/c1-32-20-19-27-13-10-24(11-14-27,23(26)30)33(31)29-17-15-28(16-18-29)22-8-6-21(7-9-22)5-3-2-4-12-25/h6-9H,2-5,10-20H2,1H3,(H2,26,30). The first-order valence-electron chi connectivity index (χ1n) is 12.1. The van der Waals surface area contributed by atoms with Crippen molar-refractivity contribution < 1.29 is 18.1 Å². The Kier molecular flexibility index (Phi) is 10.1. The molecule has 33 heavy (non-hydrogen) atoms. The van der Waals surface area contributed by atoms with Crippen LogP contribution in [-0.4, -0.2) is 90.3 Å². The number of piperazine rings is 1. The van der Waals surface area contributed by atoms with Crippen LogP contribution in [0.4, 0.5) is 10.1 Å². The fraction of sp³-hybridized carbons (Fsp3) is 0.708. The van der Waals surface area contributed by atoms with Gasteiger partial charge in [0, 0.05) is 58.6 Å². The fourth-order valence-electron chi connectivity index (χ4n) is 4.70. The minimum Gasteiger partial charge on any atom is -0.383 e. The summed E-state index contributed by atoms with van der Waals surface area (Å²) in [5.74, 6) is -0.447. The second-order valence-corrected chi connectivity index (χ2v) is 10.8. The number of nitrogens with zero attached hydrogens (tertiary/aromatic N) is 3. The van der Waals surface area contributed by atoms with E-state index in [1.54, 1.807) is 7.11 Å². The molecular weight excluding hydrogens is 443 g/mol. The largest absolute Gasteiger partial charge is 0.383 e. The van der Waals surface area contributed by atoms with Crippen molar-refractivity contribution >= 4 is 22.6 Å². The lowest BCUT2D eigenvalue weighted by molar-refractivity contribution is -0.121. The lowest BCUT2D eigenvalue weighted by Gasteiger charge is -2.43. The average Bonchev–Trinajstić information content (AvgIpc) is 2.85. The molecule has 2 saturated heterocycles. The van der Waals surface area contributed by atoms with Crippen molar-refractivity contribution in [3.05, 3.63) is 29.8 Å². The summed E-state index contributed by atoms with van der Waals surface area (Å²) in [4.78, 5) is 17.0. The van der Waals surface area contributed by atoms with E-state index in [0.29, 0.717) is 52.0 Å². The van der Waals surface area contributed by atoms with Crippen LogP contribution >= 0.6 is 0 Å². The molecular formula is C24H39FN4O3S. The Balaban J connectivity index is 1.52. The normalized spacial score (nSPS) is 20.6. The number of carbonyl (C=O) groups is 1. The number of primary amides is 1. The molecule has 0 bridgehead atoms. The van der Waals surface area contributed by atoms with Crippen LogP contribution in [0.5, 0.6) is 0 Å². The number of rotatable bonds is 12. The third-order valence-electron chi connectivity index (χ3n) is 6.93. The van der Waals surface area contributed by atoms with Gasteiger partial charge in [-0.25, -0.2) is 8.51 Å². The Hall–Kier alpha value is -1.55. The summed E-state index contributed by atoms with van der Waals surface area (Å²) in [6, 6.07) is 8.57. The van der Waals surface area contributed by atoms with Crippen molar-refractivity contribution in [2.45, 2.75) is 43.3 Å². The van der Waals surface area contributed by atoms with E-state index in [0.717, 1.165) is 44.6 Å². The third kappa shape index (κ3) is 6.74. The van der Waals surface area contributed by atoms with Crippen LogP contribution in [0.15, 0.2) is 24.3 Å². The summed E-state index contributed by atoms with van der Waals surface area (Å²) in [7, 11) is 0.243. The Bertz CT molecular complexity index is 763.